The van der Waals surface area contributed by atoms with E-state index >= 15 is 0 Å². The molecule has 0 aromatic carbocycles. The zero-order valence-corrected chi connectivity index (χ0v) is 9.45. The molecule has 4 nitrogen and oxygen atoms in total. The second-order valence-corrected chi connectivity index (χ2v) is 3.86. The summed E-state index contributed by atoms with van der Waals surface area (Å²) in [5.74, 6) is -1.81. The number of carboxylic acids is 1. The zero-order chi connectivity index (χ0) is 11.3. The number of hydrogen-bond acceptors (Lipinski definition) is 4. The van der Waals surface area contributed by atoms with Gasteiger partial charge in [0.1, 0.15) is 0 Å². The summed E-state index contributed by atoms with van der Waals surface area (Å²) in [6.45, 7) is 5.05. The van der Waals surface area contributed by atoms with Crippen molar-refractivity contribution in [2.45, 2.75) is 45.3 Å². The van der Waals surface area contributed by atoms with Gasteiger partial charge < -0.3 is 19.4 Å². The van der Waals surface area contributed by atoms with Gasteiger partial charge in [0.2, 0.25) is 0 Å². The number of rotatable bonds is 5. The van der Waals surface area contributed by atoms with Crippen molar-refractivity contribution in [3.63, 3.8) is 0 Å². The average molecular weight is 215 g/mol. The summed E-state index contributed by atoms with van der Waals surface area (Å²) in [4.78, 5) is 10.7. The SMILES string of the molecule is CCOC1(CC)OCCCC1CC(=O)[O-]. The Balaban J connectivity index is 2.72. The first-order valence-corrected chi connectivity index (χ1v) is 5.62. The number of carboxylic acid groups (broad SMARTS) is 1. The minimum atomic E-state index is -1.02. The molecular formula is C11H19O4-. The van der Waals surface area contributed by atoms with Crippen LogP contribution in [0.3, 0.4) is 0 Å². The molecule has 0 radical (unpaired) electrons. The molecule has 0 saturated carbocycles. The van der Waals surface area contributed by atoms with Crippen LogP contribution in [0.4, 0.5) is 0 Å². The quantitative estimate of drug-likeness (QED) is 0.677. The van der Waals surface area contributed by atoms with Crippen molar-refractivity contribution in [2.24, 2.45) is 5.92 Å². The average Bonchev–Trinajstić information content (AvgIpc) is 2.21. The van der Waals surface area contributed by atoms with Gasteiger partial charge in [-0.15, -0.1) is 0 Å². The number of ether oxygens (including phenoxy) is 2. The van der Waals surface area contributed by atoms with E-state index in [9.17, 15) is 9.90 Å². The Morgan fingerprint density at radius 3 is 2.87 bits per heavy atom. The molecule has 1 aliphatic heterocycles. The van der Waals surface area contributed by atoms with Gasteiger partial charge in [-0.25, -0.2) is 0 Å². The fraction of sp³-hybridized carbons (Fsp3) is 0.909. The number of hydrogen-bond donors (Lipinski definition) is 0. The largest absolute Gasteiger partial charge is 0.550 e. The van der Waals surface area contributed by atoms with Gasteiger partial charge in [0, 0.05) is 18.5 Å². The summed E-state index contributed by atoms with van der Waals surface area (Å²) in [7, 11) is 0. The Hall–Kier alpha value is -0.610. The van der Waals surface area contributed by atoms with Crippen LogP contribution in [-0.2, 0) is 14.3 Å². The maximum absolute atomic E-state index is 10.7. The molecule has 4 heteroatoms. The highest BCUT2D eigenvalue weighted by Crippen LogP contribution is 2.37. The van der Waals surface area contributed by atoms with Crippen molar-refractivity contribution < 1.29 is 19.4 Å². The van der Waals surface area contributed by atoms with Crippen LogP contribution in [0.15, 0.2) is 0 Å². The summed E-state index contributed by atoms with van der Waals surface area (Å²) in [5.41, 5.74) is 0. The van der Waals surface area contributed by atoms with Crippen molar-refractivity contribution in [3.05, 3.63) is 0 Å². The van der Waals surface area contributed by atoms with Crippen LogP contribution in [0.2, 0.25) is 0 Å². The summed E-state index contributed by atoms with van der Waals surface area (Å²) in [6.07, 6.45) is 2.43. The van der Waals surface area contributed by atoms with E-state index in [4.69, 9.17) is 9.47 Å². The van der Waals surface area contributed by atoms with E-state index in [-0.39, 0.29) is 12.3 Å². The van der Waals surface area contributed by atoms with Crippen LogP contribution >= 0.6 is 0 Å². The zero-order valence-electron chi connectivity index (χ0n) is 9.45. The molecule has 2 atom stereocenters. The van der Waals surface area contributed by atoms with Gasteiger partial charge in [-0.1, -0.05) is 6.92 Å². The molecule has 0 spiro atoms. The van der Waals surface area contributed by atoms with Gasteiger partial charge in [0.05, 0.1) is 6.61 Å². The summed E-state index contributed by atoms with van der Waals surface area (Å²) < 4.78 is 11.3. The van der Waals surface area contributed by atoms with Gasteiger partial charge in [0.15, 0.2) is 5.79 Å². The van der Waals surface area contributed by atoms with Gasteiger partial charge in [-0.3, -0.25) is 0 Å². The van der Waals surface area contributed by atoms with Crippen molar-refractivity contribution in [3.8, 4) is 0 Å². The highest BCUT2D eigenvalue weighted by Gasteiger charge is 2.41. The van der Waals surface area contributed by atoms with E-state index in [1.165, 1.54) is 0 Å². The van der Waals surface area contributed by atoms with E-state index in [1.807, 2.05) is 13.8 Å². The van der Waals surface area contributed by atoms with E-state index in [0.29, 0.717) is 19.6 Å². The van der Waals surface area contributed by atoms with E-state index in [2.05, 4.69) is 0 Å². The molecule has 1 saturated heterocycles. The minimum absolute atomic E-state index is 0.0217. The second kappa shape index (κ2) is 5.47. The molecule has 1 fully saturated rings. The molecule has 0 N–H and O–H groups in total. The molecule has 0 aromatic heterocycles. The van der Waals surface area contributed by atoms with Crippen molar-refractivity contribution >= 4 is 5.97 Å². The molecule has 0 bridgehead atoms. The Bertz CT molecular complexity index is 213. The summed E-state index contributed by atoms with van der Waals surface area (Å²) in [5, 5.41) is 10.7. The summed E-state index contributed by atoms with van der Waals surface area (Å²) in [6, 6.07) is 0. The predicted octanol–water partition coefficient (Wildman–Crippen LogP) is 0.696. The first kappa shape index (κ1) is 12.5. The lowest BCUT2D eigenvalue weighted by Crippen LogP contribution is -2.48. The van der Waals surface area contributed by atoms with Crippen LogP contribution < -0.4 is 5.11 Å². The first-order chi connectivity index (χ1) is 7.14. The van der Waals surface area contributed by atoms with Crippen LogP contribution in [0.1, 0.15) is 39.5 Å². The maximum Gasteiger partial charge on any atom is 0.171 e. The Labute approximate surface area is 90.6 Å². The minimum Gasteiger partial charge on any atom is -0.550 e. The van der Waals surface area contributed by atoms with Crippen LogP contribution in [-0.4, -0.2) is 25.0 Å². The lowest BCUT2D eigenvalue weighted by atomic mass is 9.86. The molecule has 1 aliphatic rings. The van der Waals surface area contributed by atoms with Gasteiger partial charge in [-0.2, -0.15) is 0 Å². The molecular weight excluding hydrogens is 196 g/mol. The predicted molar refractivity (Wildman–Crippen MR) is 52.9 cm³/mol. The summed E-state index contributed by atoms with van der Waals surface area (Å²) >= 11 is 0. The van der Waals surface area contributed by atoms with Crippen LogP contribution in [0.5, 0.6) is 0 Å². The number of carbonyl (C=O) groups excluding carboxylic acids is 1. The fourth-order valence-electron chi connectivity index (χ4n) is 2.27. The molecule has 1 heterocycles. The standard InChI is InChI=1S/C11H20O4/c1-3-11(14-4-2)9(8-10(12)13)6-5-7-15-11/h9H,3-8H2,1-2H3,(H,12,13)/p-1. The topological polar surface area (TPSA) is 58.6 Å². The van der Waals surface area contributed by atoms with Gasteiger partial charge >= 0.3 is 0 Å². The van der Waals surface area contributed by atoms with Crippen LogP contribution in [0.25, 0.3) is 0 Å². The smallest absolute Gasteiger partial charge is 0.171 e. The van der Waals surface area contributed by atoms with E-state index in [0.717, 1.165) is 12.8 Å². The molecule has 2 unspecified atom stereocenters. The molecule has 0 amide bonds. The van der Waals surface area contributed by atoms with Crippen molar-refractivity contribution in [2.75, 3.05) is 13.2 Å². The Morgan fingerprint density at radius 2 is 2.33 bits per heavy atom. The molecule has 0 aromatic rings. The highest BCUT2D eigenvalue weighted by atomic mass is 16.7. The normalized spacial score (nSPS) is 31.5. The third-order valence-electron chi connectivity index (χ3n) is 2.96. The first-order valence-electron chi connectivity index (χ1n) is 5.62. The fourth-order valence-corrected chi connectivity index (χ4v) is 2.27. The molecule has 1 rings (SSSR count). The van der Waals surface area contributed by atoms with Crippen molar-refractivity contribution in [1.82, 2.24) is 0 Å². The lowest BCUT2D eigenvalue weighted by Gasteiger charge is -2.43. The second-order valence-electron chi connectivity index (χ2n) is 3.86. The lowest BCUT2D eigenvalue weighted by molar-refractivity contribution is -0.320. The Morgan fingerprint density at radius 1 is 1.60 bits per heavy atom. The molecule has 88 valence electrons. The van der Waals surface area contributed by atoms with Gasteiger partial charge in [-0.05, 0) is 32.6 Å². The van der Waals surface area contributed by atoms with Gasteiger partial charge in [0.25, 0.3) is 0 Å². The number of carbonyl (C=O) groups is 1. The maximum atomic E-state index is 10.7. The third-order valence-corrected chi connectivity index (χ3v) is 2.96. The molecule has 0 aliphatic carbocycles. The highest BCUT2D eigenvalue weighted by molar-refractivity contribution is 5.64. The van der Waals surface area contributed by atoms with E-state index in [1.54, 1.807) is 0 Å². The van der Waals surface area contributed by atoms with Crippen LogP contribution in [0, 0.1) is 5.92 Å². The number of aliphatic carboxylic acids is 1. The van der Waals surface area contributed by atoms with E-state index < -0.39 is 11.8 Å². The third kappa shape index (κ3) is 2.92. The monoisotopic (exact) mass is 215 g/mol. The molecule has 15 heavy (non-hydrogen) atoms. The Kier molecular flexibility index (Phi) is 4.54. The van der Waals surface area contributed by atoms with Crippen molar-refractivity contribution in [1.29, 1.82) is 0 Å².